The van der Waals surface area contributed by atoms with Crippen LogP contribution in [-0.2, 0) is 6.54 Å². The molecular weight excluding hydrogens is 188 g/mol. The van der Waals surface area contributed by atoms with Crippen LogP contribution in [0.3, 0.4) is 0 Å². The molecule has 3 nitrogen and oxygen atoms in total. The third-order valence-corrected chi connectivity index (χ3v) is 3.18. The van der Waals surface area contributed by atoms with Crippen LogP contribution in [0.25, 0.3) is 0 Å². The number of aryl methyl sites for hydroxylation is 1. The van der Waals surface area contributed by atoms with E-state index in [4.69, 9.17) is 0 Å². The number of hydrogen-bond acceptors (Lipinski definition) is 3. The van der Waals surface area contributed by atoms with Crippen LogP contribution in [0.5, 0.6) is 0 Å². The summed E-state index contributed by atoms with van der Waals surface area (Å²) in [6.07, 6.45) is 4.14. The Morgan fingerprint density at radius 2 is 2.47 bits per heavy atom. The van der Waals surface area contributed by atoms with Gasteiger partial charge < -0.3 is 5.11 Å². The van der Waals surface area contributed by atoms with Gasteiger partial charge in [0.2, 0.25) is 0 Å². The molecule has 1 aliphatic rings. The Bertz CT molecular complexity index is 327. The highest BCUT2D eigenvalue weighted by Gasteiger charge is 2.24. The van der Waals surface area contributed by atoms with Crippen LogP contribution in [0.1, 0.15) is 24.1 Å². The van der Waals surface area contributed by atoms with E-state index in [1.165, 1.54) is 12.0 Å². The number of rotatable bonds is 3. The van der Waals surface area contributed by atoms with E-state index in [-0.39, 0.29) is 6.61 Å². The van der Waals surface area contributed by atoms with Gasteiger partial charge in [0.25, 0.3) is 0 Å². The number of pyridine rings is 1. The van der Waals surface area contributed by atoms with Crippen molar-refractivity contribution in [3.05, 3.63) is 29.6 Å². The van der Waals surface area contributed by atoms with E-state index in [2.05, 4.69) is 22.9 Å². The van der Waals surface area contributed by atoms with Crippen LogP contribution < -0.4 is 0 Å². The summed E-state index contributed by atoms with van der Waals surface area (Å²) in [4.78, 5) is 6.72. The zero-order chi connectivity index (χ0) is 10.7. The second-order valence-corrected chi connectivity index (χ2v) is 4.22. The minimum absolute atomic E-state index is 0.270. The SMILES string of the molecule is Cc1cccnc1CN1CCC[C@H]1CO. The Hall–Kier alpha value is -0.930. The van der Waals surface area contributed by atoms with Crippen molar-refractivity contribution in [1.29, 1.82) is 0 Å². The van der Waals surface area contributed by atoms with Crippen molar-refractivity contribution in [2.45, 2.75) is 32.4 Å². The molecule has 0 aliphatic carbocycles. The molecule has 1 N–H and O–H groups in total. The summed E-state index contributed by atoms with van der Waals surface area (Å²) in [5.74, 6) is 0. The first-order valence-corrected chi connectivity index (χ1v) is 5.56. The predicted molar refractivity (Wildman–Crippen MR) is 59.5 cm³/mol. The van der Waals surface area contributed by atoms with Crippen molar-refractivity contribution in [3.63, 3.8) is 0 Å². The van der Waals surface area contributed by atoms with Gasteiger partial charge in [0.05, 0.1) is 12.3 Å². The highest BCUT2D eigenvalue weighted by molar-refractivity contribution is 5.17. The first kappa shape index (κ1) is 10.6. The summed E-state index contributed by atoms with van der Waals surface area (Å²) in [7, 11) is 0. The smallest absolute Gasteiger partial charge is 0.0587 e. The predicted octanol–water partition coefficient (Wildman–Crippen LogP) is 1.35. The number of nitrogens with zero attached hydrogens (tertiary/aromatic N) is 2. The van der Waals surface area contributed by atoms with Gasteiger partial charge in [0.15, 0.2) is 0 Å². The van der Waals surface area contributed by atoms with Crippen LogP contribution >= 0.6 is 0 Å². The van der Waals surface area contributed by atoms with Gasteiger partial charge in [-0.05, 0) is 37.9 Å². The minimum atomic E-state index is 0.270. The zero-order valence-corrected chi connectivity index (χ0v) is 9.19. The summed E-state index contributed by atoms with van der Waals surface area (Å²) in [5.41, 5.74) is 2.37. The molecule has 0 unspecified atom stereocenters. The van der Waals surface area contributed by atoms with Gasteiger partial charge in [-0.1, -0.05) is 6.07 Å². The van der Waals surface area contributed by atoms with Crippen LogP contribution in [0.15, 0.2) is 18.3 Å². The zero-order valence-electron chi connectivity index (χ0n) is 9.19. The third-order valence-electron chi connectivity index (χ3n) is 3.18. The van der Waals surface area contributed by atoms with Crippen LogP contribution in [-0.4, -0.2) is 34.2 Å². The van der Waals surface area contributed by atoms with Crippen LogP contribution in [0.2, 0.25) is 0 Å². The van der Waals surface area contributed by atoms with Crippen molar-refractivity contribution in [1.82, 2.24) is 9.88 Å². The van der Waals surface area contributed by atoms with Gasteiger partial charge in [-0.15, -0.1) is 0 Å². The van der Waals surface area contributed by atoms with Crippen molar-refractivity contribution < 1.29 is 5.11 Å². The largest absolute Gasteiger partial charge is 0.395 e. The lowest BCUT2D eigenvalue weighted by molar-refractivity contribution is 0.152. The molecule has 1 aliphatic heterocycles. The number of likely N-dealkylation sites (tertiary alicyclic amines) is 1. The lowest BCUT2D eigenvalue weighted by Gasteiger charge is -2.22. The van der Waals surface area contributed by atoms with Crippen LogP contribution in [0, 0.1) is 6.92 Å². The molecule has 0 amide bonds. The van der Waals surface area contributed by atoms with Crippen molar-refractivity contribution in [2.75, 3.05) is 13.2 Å². The standard InChI is InChI=1S/C12H18N2O/c1-10-4-2-6-13-12(10)8-14-7-3-5-11(14)9-15/h2,4,6,11,15H,3,5,7-9H2,1H3/t11-/m0/s1. The molecule has 0 radical (unpaired) electrons. The topological polar surface area (TPSA) is 36.4 Å². The average molecular weight is 206 g/mol. The molecule has 0 spiro atoms. The fraction of sp³-hybridized carbons (Fsp3) is 0.583. The first-order valence-electron chi connectivity index (χ1n) is 5.56. The monoisotopic (exact) mass is 206 g/mol. The van der Waals surface area contributed by atoms with E-state index in [1.54, 1.807) is 0 Å². The molecule has 15 heavy (non-hydrogen) atoms. The summed E-state index contributed by atoms with van der Waals surface area (Å²) < 4.78 is 0. The average Bonchev–Trinajstić information content (AvgIpc) is 2.69. The molecule has 0 bridgehead atoms. The van der Waals surface area contributed by atoms with Crippen LogP contribution in [0.4, 0.5) is 0 Å². The second kappa shape index (κ2) is 4.73. The highest BCUT2D eigenvalue weighted by Crippen LogP contribution is 2.19. The van der Waals surface area contributed by atoms with Gasteiger partial charge in [0, 0.05) is 18.8 Å². The molecule has 0 aromatic carbocycles. The molecule has 1 saturated heterocycles. The summed E-state index contributed by atoms with van der Waals surface area (Å²) in [6, 6.07) is 4.39. The second-order valence-electron chi connectivity index (χ2n) is 4.22. The maximum absolute atomic E-state index is 9.22. The Balaban J connectivity index is 2.05. The summed E-state index contributed by atoms with van der Waals surface area (Å²) >= 11 is 0. The normalized spacial score (nSPS) is 22.1. The molecule has 1 atom stereocenters. The lowest BCUT2D eigenvalue weighted by Crippen LogP contribution is -2.32. The van der Waals surface area contributed by atoms with E-state index >= 15 is 0 Å². The molecule has 2 rings (SSSR count). The van der Waals surface area contributed by atoms with Crippen molar-refractivity contribution in [3.8, 4) is 0 Å². The molecule has 1 aromatic heterocycles. The molecular formula is C12H18N2O. The molecule has 2 heterocycles. The molecule has 1 aromatic rings. The van der Waals surface area contributed by atoms with Gasteiger partial charge in [0.1, 0.15) is 0 Å². The molecule has 3 heteroatoms. The number of aliphatic hydroxyl groups is 1. The quantitative estimate of drug-likeness (QED) is 0.811. The minimum Gasteiger partial charge on any atom is -0.395 e. The maximum atomic E-state index is 9.22. The molecule has 82 valence electrons. The van der Waals surface area contributed by atoms with Gasteiger partial charge in [-0.2, -0.15) is 0 Å². The summed E-state index contributed by atoms with van der Waals surface area (Å²) in [6.45, 7) is 4.32. The van der Waals surface area contributed by atoms with E-state index in [1.807, 2.05) is 12.3 Å². The Labute approximate surface area is 90.8 Å². The van der Waals surface area contributed by atoms with Crippen molar-refractivity contribution in [2.24, 2.45) is 0 Å². The van der Waals surface area contributed by atoms with Crippen molar-refractivity contribution >= 4 is 0 Å². The molecule has 1 fully saturated rings. The fourth-order valence-corrected chi connectivity index (χ4v) is 2.19. The van der Waals surface area contributed by atoms with E-state index in [0.717, 1.165) is 25.2 Å². The molecule has 0 saturated carbocycles. The van der Waals surface area contributed by atoms with E-state index in [0.29, 0.717) is 6.04 Å². The maximum Gasteiger partial charge on any atom is 0.0587 e. The highest BCUT2D eigenvalue weighted by atomic mass is 16.3. The number of aliphatic hydroxyl groups excluding tert-OH is 1. The van der Waals surface area contributed by atoms with E-state index in [9.17, 15) is 5.11 Å². The van der Waals surface area contributed by atoms with Gasteiger partial charge in [-0.25, -0.2) is 0 Å². The Kier molecular flexibility index (Phi) is 3.34. The first-order chi connectivity index (χ1) is 7.31. The summed E-state index contributed by atoms with van der Waals surface area (Å²) in [5, 5.41) is 9.22. The van der Waals surface area contributed by atoms with Gasteiger partial charge >= 0.3 is 0 Å². The number of hydrogen-bond donors (Lipinski definition) is 1. The lowest BCUT2D eigenvalue weighted by atomic mass is 10.2. The fourth-order valence-electron chi connectivity index (χ4n) is 2.19. The third kappa shape index (κ3) is 2.36. The van der Waals surface area contributed by atoms with Gasteiger partial charge in [-0.3, -0.25) is 9.88 Å². The Morgan fingerprint density at radius 1 is 1.60 bits per heavy atom. The Morgan fingerprint density at radius 3 is 3.20 bits per heavy atom. The van der Waals surface area contributed by atoms with E-state index < -0.39 is 0 Å². The number of aromatic nitrogens is 1.